The molecule has 1 heterocycles. The lowest BCUT2D eigenvalue weighted by Crippen LogP contribution is -2.17. The van der Waals surface area contributed by atoms with Crippen LogP contribution in [0.1, 0.15) is 28.7 Å². The molecule has 21 heavy (non-hydrogen) atoms. The van der Waals surface area contributed by atoms with Gasteiger partial charge < -0.3 is 11.1 Å². The highest BCUT2D eigenvalue weighted by Gasteiger charge is 2.14. The van der Waals surface area contributed by atoms with Crippen molar-refractivity contribution >= 4 is 11.6 Å². The van der Waals surface area contributed by atoms with Crippen molar-refractivity contribution in [2.75, 3.05) is 11.9 Å². The van der Waals surface area contributed by atoms with Crippen LogP contribution in [-0.4, -0.2) is 22.2 Å². The average molecular weight is 282 g/mol. The summed E-state index contributed by atoms with van der Waals surface area (Å²) in [5.41, 5.74) is 8.16. The van der Waals surface area contributed by atoms with Crippen LogP contribution in [0.5, 0.6) is 0 Å². The molecule has 1 aromatic carbocycles. The van der Waals surface area contributed by atoms with Crippen LogP contribution < -0.4 is 11.1 Å². The molecule has 0 aliphatic rings. The van der Waals surface area contributed by atoms with Crippen molar-refractivity contribution in [3.05, 3.63) is 47.3 Å². The Hall–Kier alpha value is -2.58. The van der Waals surface area contributed by atoms with Crippen LogP contribution in [0.15, 0.2) is 30.3 Å². The maximum absolute atomic E-state index is 12.4. The van der Waals surface area contributed by atoms with Gasteiger partial charge in [-0.15, -0.1) is 0 Å². The van der Waals surface area contributed by atoms with Crippen LogP contribution in [0.3, 0.4) is 0 Å². The number of hydrogen-bond acceptors (Lipinski definition) is 3. The SMILES string of the molecule is CCn1nc(C)cc1C(=O)Nc1ccccc1C#CCN. The van der Waals surface area contributed by atoms with Gasteiger partial charge in [0.25, 0.3) is 5.91 Å². The number of aryl methyl sites for hydroxylation is 2. The third kappa shape index (κ3) is 3.50. The van der Waals surface area contributed by atoms with Crippen molar-refractivity contribution in [3.8, 4) is 11.8 Å². The Kier molecular flexibility index (Phi) is 4.75. The van der Waals surface area contributed by atoms with E-state index < -0.39 is 0 Å². The van der Waals surface area contributed by atoms with Crippen LogP contribution in [-0.2, 0) is 6.54 Å². The van der Waals surface area contributed by atoms with Crippen LogP contribution in [0, 0.1) is 18.8 Å². The zero-order chi connectivity index (χ0) is 15.2. The van der Waals surface area contributed by atoms with Crippen molar-refractivity contribution in [2.24, 2.45) is 5.73 Å². The van der Waals surface area contributed by atoms with Gasteiger partial charge in [-0.05, 0) is 32.0 Å². The Morgan fingerprint density at radius 1 is 1.43 bits per heavy atom. The second kappa shape index (κ2) is 6.73. The highest BCUT2D eigenvalue weighted by atomic mass is 16.2. The summed E-state index contributed by atoms with van der Waals surface area (Å²) in [4.78, 5) is 12.4. The van der Waals surface area contributed by atoms with E-state index in [1.807, 2.05) is 38.1 Å². The minimum atomic E-state index is -0.195. The van der Waals surface area contributed by atoms with Crippen LogP contribution >= 0.6 is 0 Å². The second-order valence-corrected chi connectivity index (χ2v) is 4.49. The first-order valence-electron chi connectivity index (χ1n) is 6.79. The van der Waals surface area contributed by atoms with Crippen molar-refractivity contribution in [1.29, 1.82) is 0 Å². The number of anilines is 1. The van der Waals surface area contributed by atoms with Crippen LogP contribution in [0.25, 0.3) is 0 Å². The van der Waals surface area contributed by atoms with E-state index in [4.69, 9.17) is 5.73 Å². The summed E-state index contributed by atoms with van der Waals surface area (Å²) in [5.74, 6) is 5.55. The van der Waals surface area contributed by atoms with E-state index in [1.165, 1.54) is 0 Å². The third-order valence-corrected chi connectivity index (χ3v) is 2.93. The minimum absolute atomic E-state index is 0.195. The van der Waals surface area contributed by atoms with Crippen molar-refractivity contribution in [3.63, 3.8) is 0 Å². The summed E-state index contributed by atoms with van der Waals surface area (Å²) in [7, 11) is 0. The van der Waals surface area contributed by atoms with Gasteiger partial charge in [-0.25, -0.2) is 0 Å². The fourth-order valence-electron chi connectivity index (χ4n) is 2.00. The Balaban J connectivity index is 2.27. The molecule has 0 aliphatic heterocycles. The number of nitrogens with zero attached hydrogens (tertiary/aromatic N) is 2. The number of carbonyl (C=O) groups excluding carboxylic acids is 1. The molecule has 108 valence electrons. The topological polar surface area (TPSA) is 72.9 Å². The lowest BCUT2D eigenvalue weighted by molar-refractivity contribution is 0.101. The molecule has 1 amide bonds. The summed E-state index contributed by atoms with van der Waals surface area (Å²) in [6, 6.07) is 9.16. The zero-order valence-corrected chi connectivity index (χ0v) is 12.2. The van der Waals surface area contributed by atoms with E-state index in [2.05, 4.69) is 22.3 Å². The van der Waals surface area contributed by atoms with Gasteiger partial charge >= 0.3 is 0 Å². The number of nitrogens with two attached hydrogens (primary N) is 1. The first kappa shape index (κ1) is 14.8. The highest BCUT2D eigenvalue weighted by Crippen LogP contribution is 2.15. The van der Waals surface area contributed by atoms with Gasteiger partial charge in [-0.2, -0.15) is 5.10 Å². The number of para-hydroxylation sites is 1. The zero-order valence-electron chi connectivity index (χ0n) is 12.2. The molecule has 0 spiro atoms. The van der Waals surface area contributed by atoms with Crippen LogP contribution in [0.2, 0.25) is 0 Å². The first-order valence-corrected chi connectivity index (χ1v) is 6.79. The fraction of sp³-hybridized carbons (Fsp3) is 0.250. The van der Waals surface area contributed by atoms with Crippen molar-refractivity contribution in [2.45, 2.75) is 20.4 Å². The Morgan fingerprint density at radius 2 is 2.19 bits per heavy atom. The number of nitrogens with one attached hydrogen (secondary N) is 1. The Bertz CT molecular complexity index is 707. The molecule has 3 N–H and O–H groups in total. The van der Waals surface area contributed by atoms with Gasteiger partial charge in [0.2, 0.25) is 0 Å². The smallest absolute Gasteiger partial charge is 0.273 e. The number of carbonyl (C=O) groups is 1. The van der Waals surface area contributed by atoms with E-state index in [0.717, 1.165) is 11.3 Å². The van der Waals surface area contributed by atoms with E-state index in [1.54, 1.807) is 10.7 Å². The van der Waals surface area contributed by atoms with Gasteiger partial charge in [0.05, 0.1) is 17.9 Å². The molecule has 0 unspecified atom stereocenters. The molecule has 2 aromatic rings. The normalized spacial score (nSPS) is 9.86. The summed E-state index contributed by atoms with van der Waals surface area (Å²) in [6.45, 7) is 4.74. The first-order chi connectivity index (χ1) is 10.2. The summed E-state index contributed by atoms with van der Waals surface area (Å²) in [6.07, 6.45) is 0. The molecule has 1 aromatic heterocycles. The van der Waals surface area contributed by atoms with Gasteiger partial charge in [-0.3, -0.25) is 9.48 Å². The second-order valence-electron chi connectivity index (χ2n) is 4.49. The average Bonchev–Trinajstić information content (AvgIpc) is 2.87. The van der Waals surface area contributed by atoms with E-state index in [9.17, 15) is 4.79 Å². The molecule has 0 fully saturated rings. The largest absolute Gasteiger partial charge is 0.320 e. The Morgan fingerprint density at radius 3 is 2.90 bits per heavy atom. The maximum atomic E-state index is 12.4. The summed E-state index contributed by atoms with van der Waals surface area (Å²) >= 11 is 0. The molecule has 5 heteroatoms. The standard InChI is InChI=1S/C16H18N4O/c1-3-20-15(11-12(2)19-20)16(21)18-14-9-5-4-7-13(14)8-6-10-17/h4-5,7,9,11H,3,10,17H2,1-2H3,(H,18,21). The van der Waals surface area contributed by atoms with E-state index in [-0.39, 0.29) is 12.5 Å². The summed E-state index contributed by atoms with van der Waals surface area (Å²) in [5, 5.41) is 7.16. The molecule has 0 bridgehead atoms. The van der Waals surface area contributed by atoms with Gasteiger partial charge in [-0.1, -0.05) is 24.0 Å². The predicted octanol–water partition coefficient (Wildman–Crippen LogP) is 1.77. The number of amides is 1. The number of rotatable bonds is 3. The molecule has 0 saturated heterocycles. The molecular weight excluding hydrogens is 264 g/mol. The molecule has 0 aliphatic carbocycles. The fourth-order valence-corrected chi connectivity index (χ4v) is 2.00. The molecule has 5 nitrogen and oxygen atoms in total. The van der Waals surface area contributed by atoms with E-state index >= 15 is 0 Å². The number of benzene rings is 1. The van der Waals surface area contributed by atoms with Crippen molar-refractivity contribution in [1.82, 2.24) is 9.78 Å². The summed E-state index contributed by atoms with van der Waals surface area (Å²) < 4.78 is 1.68. The molecular formula is C16H18N4O. The predicted molar refractivity (Wildman–Crippen MR) is 83.0 cm³/mol. The number of aromatic nitrogens is 2. The minimum Gasteiger partial charge on any atom is -0.320 e. The molecule has 0 atom stereocenters. The van der Waals surface area contributed by atoms with Crippen molar-refractivity contribution < 1.29 is 4.79 Å². The molecule has 0 radical (unpaired) electrons. The quantitative estimate of drug-likeness (QED) is 0.843. The monoisotopic (exact) mass is 282 g/mol. The number of hydrogen-bond donors (Lipinski definition) is 2. The molecule has 2 rings (SSSR count). The lowest BCUT2D eigenvalue weighted by Gasteiger charge is -2.08. The van der Waals surface area contributed by atoms with Crippen LogP contribution in [0.4, 0.5) is 5.69 Å². The van der Waals surface area contributed by atoms with Gasteiger partial charge in [0, 0.05) is 12.1 Å². The van der Waals surface area contributed by atoms with E-state index in [0.29, 0.717) is 17.9 Å². The third-order valence-electron chi connectivity index (χ3n) is 2.93. The van der Waals surface area contributed by atoms with Gasteiger partial charge in [0.15, 0.2) is 0 Å². The molecule has 0 saturated carbocycles. The lowest BCUT2D eigenvalue weighted by atomic mass is 10.1. The van der Waals surface area contributed by atoms with Gasteiger partial charge in [0.1, 0.15) is 5.69 Å². The maximum Gasteiger partial charge on any atom is 0.273 e. The highest BCUT2D eigenvalue weighted by molar-refractivity contribution is 6.03. The Labute approximate surface area is 124 Å².